The molecule has 1 aromatic rings. The standard InChI is InChI=1S/C16H23NO3/c1-12(16(18)19)11-13-5-3-4-6-15(13)20-14-7-9-17(2)10-8-14/h3-6,12,14H,7-11H2,1-2H3,(H,18,19). The van der Waals surface area contributed by atoms with E-state index < -0.39 is 11.9 Å². The van der Waals surface area contributed by atoms with Crippen molar-refractivity contribution < 1.29 is 14.6 Å². The molecule has 0 spiro atoms. The number of rotatable bonds is 5. The summed E-state index contributed by atoms with van der Waals surface area (Å²) in [4.78, 5) is 13.3. The van der Waals surface area contributed by atoms with E-state index in [2.05, 4.69) is 11.9 Å². The Bertz CT molecular complexity index is 453. The first-order valence-corrected chi connectivity index (χ1v) is 7.22. The largest absolute Gasteiger partial charge is 0.490 e. The van der Waals surface area contributed by atoms with Crippen LogP contribution < -0.4 is 4.74 Å². The van der Waals surface area contributed by atoms with Crippen molar-refractivity contribution >= 4 is 5.97 Å². The molecule has 2 rings (SSSR count). The van der Waals surface area contributed by atoms with E-state index in [0.29, 0.717) is 6.42 Å². The predicted octanol–water partition coefficient (Wildman–Crippen LogP) is 2.42. The number of aliphatic carboxylic acids is 1. The topological polar surface area (TPSA) is 49.8 Å². The molecule has 110 valence electrons. The van der Waals surface area contributed by atoms with Crippen molar-refractivity contribution in [2.24, 2.45) is 5.92 Å². The second kappa shape index (κ2) is 6.75. The molecule has 1 fully saturated rings. The monoisotopic (exact) mass is 277 g/mol. The Morgan fingerprint density at radius 3 is 2.70 bits per heavy atom. The van der Waals surface area contributed by atoms with Crippen molar-refractivity contribution in [2.75, 3.05) is 20.1 Å². The van der Waals surface area contributed by atoms with Gasteiger partial charge in [0.1, 0.15) is 11.9 Å². The Hall–Kier alpha value is -1.55. The van der Waals surface area contributed by atoms with Crippen LogP contribution in [0.1, 0.15) is 25.3 Å². The van der Waals surface area contributed by atoms with Gasteiger partial charge in [0.15, 0.2) is 0 Å². The number of para-hydroxylation sites is 1. The maximum Gasteiger partial charge on any atom is 0.306 e. The molecular weight excluding hydrogens is 254 g/mol. The van der Waals surface area contributed by atoms with Crippen LogP contribution >= 0.6 is 0 Å². The number of nitrogens with zero attached hydrogens (tertiary/aromatic N) is 1. The SMILES string of the molecule is CC(Cc1ccccc1OC1CCN(C)CC1)C(=O)O. The summed E-state index contributed by atoms with van der Waals surface area (Å²) in [7, 11) is 2.12. The lowest BCUT2D eigenvalue weighted by molar-refractivity contribution is -0.141. The van der Waals surface area contributed by atoms with Crippen LogP contribution in [0.2, 0.25) is 0 Å². The highest BCUT2D eigenvalue weighted by atomic mass is 16.5. The molecule has 0 amide bonds. The zero-order valence-electron chi connectivity index (χ0n) is 12.2. The molecule has 1 aliphatic rings. The van der Waals surface area contributed by atoms with Crippen molar-refractivity contribution in [3.8, 4) is 5.75 Å². The first kappa shape index (κ1) is 14.9. The smallest absolute Gasteiger partial charge is 0.306 e. The lowest BCUT2D eigenvalue weighted by Gasteiger charge is -2.30. The number of carboxylic acids is 1. The fraction of sp³-hybridized carbons (Fsp3) is 0.562. The van der Waals surface area contributed by atoms with Crippen LogP contribution in [-0.2, 0) is 11.2 Å². The quantitative estimate of drug-likeness (QED) is 0.898. The molecule has 0 aliphatic carbocycles. The van der Waals surface area contributed by atoms with Gasteiger partial charge in [0, 0.05) is 13.1 Å². The second-order valence-corrected chi connectivity index (χ2v) is 5.67. The molecule has 1 unspecified atom stereocenters. The van der Waals surface area contributed by atoms with Crippen molar-refractivity contribution in [3.05, 3.63) is 29.8 Å². The number of likely N-dealkylation sites (tertiary alicyclic amines) is 1. The summed E-state index contributed by atoms with van der Waals surface area (Å²) in [5.74, 6) is -0.313. The second-order valence-electron chi connectivity index (χ2n) is 5.67. The molecule has 0 saturated carbocycles. The number of ether oxygens (including phenoxy) is 1. The van der Waals surface area contributed by atoms with Gasteiger partial charge in [-0.15, -0.1) is 0 Å². The molecule has 0 radical (unpaired) electrons. The molecule has 0 aromatic heterocycles. The summed E-state index contributed by atoms with van der Waals surface area (Å²) in [6.07, 6.45) is 2.81. The van der Waals surface area contributed by atoms with Gasteiger partial charge in [-0.1, -0.05) is 25.1 Å². The number of carbonyl (C=O) groups is 1. The van der Waals surface area contributed by atoms with Crippen LogP contribution in [0, 0.1) is 5.92 Å². The van der Waals surface area contributed by atoms with Crippen LogP contribution in [0.15, 0.2) is 24.3 Å². The van der Waals surface area contributed by atoms with E-state index in [1.807, 2.05) is 24.3 Å². The zero-order chi connectivity index (χ0) is 14.5. The molecule has 1 aliphatic heterocycles. The Morgan fingerprint density at radius 2 is 2.05 bits per heavy atom. The number of hydrogen-bond donors (Lipinski definition) is 1. The van der Waals surface area contributed by atoms with Crippen molar-refractivity contribution in [2.45, 2.75) is 32.3 Å². The highest BCUT2D eigenvalue weighted by Gasteiger charge is 2.20. The molecular formula is C16H23NO3. The molecule has 20 heavy (non-hydrogen) atoms. The van der Waals surface area contributed by atoms with Gasteiger partial charge < -0.3 is 14.7 Å². The van der Waals surface area contributed by atoms with Crippen LogP contribution in [0.3, 0.4) is 0 Å². The number of carboxylic acid groups (broad SMARTS) is 1. The van der Waals surface area contributed by atoms with E-state index in [1.54, 1.807) is 6.92 Å². The fourth-order valence-corrected chi connectivity index (χ4v) is 2.49. The third kappa shape index (κ3) is 3.97. The molecule has 1 aromatic carbocycles. The summed E-state index contributed by atoms with van der Waals surface area (Å²) in [5.41, 5.74) is 0.987. The third-order valence-corrected chi connectivity index (χ3v) is 3.88. The maximum atomic E-state index is 11.0. The minimum Gasteiger partial charge on any atom is -0.490 e. The Labute approximate surface area is 120 Å². The molecule has 1 N–H and O–H groups in total. The summed E-state index contributed by atoms with van der Waals surface area (Å²) in [6, 6.07) is 7.79. The third-order valence-electron chi connectivity index (χ3n) is 3.88. The van der Waals surface area contributed by atoms with Crippen LogP contribution in [0.4, 0.5) is 0 Å². The molecule has 1 atom stereocenters. The van der Waals surface area contributed by atoms with Gasteiger partial charge in [-0.3, -0.25) is 4.79 Å². The predicted molar refractivity (Wildman–Crippen MR) is 78.1 cm³/mol. The average molecular weight is 277 g/mol. The minimum atomic E-state index is -0.765. The minimum absolute atomic E-state index is 0.243. The highest BCUT2D eigenvalue weighted by Crippen LogP contribution is 2.25. The van der Waals surface area contributed by atoms with E-state index in [9.17, 15) is 4.79 Å². The van der Waals surface area contributed by atoms with Gasteiger partial charge in [0.05, 0.1) is 5.92 Å². The lowest BCUT2D eigenvalue weighted by Crippen LogP contribution is -2.35. The van der Waals surface area contributed by atoms with E-state index >= 15 is 0 Å². The fourth-order valence-electron chi connectivity index (χ4n) is 2.49. The van der Waals surface area contributed by atoms with E-state index in [1.165, 1.54) is 0 Å². The van der Waals surface area contributed by atoms with Gasteiger partial charge in [-0.25, -0.2) is 0 Å². The van der Waals surface area contributed by atoms with Crippen LogP contribution in [0.25, 0.3) is 0 Å². The summed E-state index contributed by atoms with van der Waals surface area (Å²) in [6.45, 7) is 3.84. The van der Waals surface area contributed by atoms with Gasteiger partial charge in [0.2, 0.25) is 0 Å². The Morgan fingerprint density at radius 1 is 1.40 bits per heavy atom. The van der Waals surface area contributed by atoms with E-state index in [-0.39, 0.29) is 6.10 Å². The molecule has 4 heteroatoms. The van der Waals surface area contributed by atoms with Gasteiger partial charge in [-0.05, 0) is 37.9 Å². The summed E-state index contributed by atoms with van der Waals surface area (Å²) in [5, 5.41) is 9.04. The van der Waals surface area contributed by atoms with Gasteiger partial charge in [0.25, 0.3) is 0 Å². The molecule has 4 nitrogen and oxygen atoms in total. The summed E-state index contributed by atoms with van der Waals surface area (Å²) >= 11 is 0. The van der Waals surface area contributed by atoms with E-state index in [4.69, 9.17) is 9.84 Å². The number of benzene rings is 1. The van der Waals surface area contributed by atoms with Gasteiger partial charge in [-0.2, -0.15) is 0 Å². The number of hydrogen-bond acceptors (Lipinski definition) is 3. The highest BCUT2D eigenvalue weighted by molar-refractivity contribution is 5.70. The Balaban J connectivity index is 2.02. The van der Waals surface area contributed by atoms with Crippen molar-refractivity contribution in [3.63, 3.8) is 0 Å². The molecule has 0 bridgehead atoms. The van der Waals surface area contributed by atoms with Crippen molar-refractivity contribution in [1.29, 1.82) is 0 Å². The summed E-state index contributed by atoms with van der Waals surface area (Å²) < 4.78 is 6.10. The van der Waals surface area contributed by atoms with E-state index in [0.717, 1.165) is 37.2 Å². The van der Waals surface area contributed by atoms with Crippen molar-refractivity contribution in [1.82, 2.24) is 4.90 Å². The average Bonchev–Trinajstić information content (AvgIpc) is 2.43. The normalized spacial score (nSPS) is 18.7. The van der Waals surface area contributed by atoms with Gasteiger partial charge >= 0.3 is 5.97 Å². The number of piperidine rings is 1. The zero-order valence-corrected chi connectivity index (χ0v) is 12.2. The maximum absolute atomic E-state index is 11.0. The Kier molecular flexibility index (Phi) is 5.01. The molecule has 1 heterocycles. The van der Waals surface area contributed by atoms with Crippen LogP contribution in [-0.4, -0.2) is 42.2 Å². The first-order valence-electron chi connectivity index (χ1n) is 7.22. The first-order chi connectivity index (χ1) is 9.56. The molecule has 1 saturated heterocycles. The van der Waals surface area contributed by atoms with Crippen LogP contribution in [0.5, 0.6) is 5.75 Å². The lowest BCUT2D eigenvalue weighted by atomic mass is 10.0.